The first kappa shape index (κ1) is 13.5. The van der Waals surface area contributed by atoms with Crippen LogP contribution in [0.3, 0.4) is 0 Å². The van der Waals surface area contributed by atoms with Gasteiger partial charge in [-0.15, -0.1) is 0 Å². The molecule has 2 N–H and O–H groups in total. The van der Waals surface area contributed by atoms with Crippen molar-refractivity contribution < 1.29 is 0 Å². The first-order chi connectivity index (χ1) is 9.75. The molecule has 20 heavy (non-hydrogen) atoms. The Labute approximate surface area is 120 Å². The summed E-state index contributed by atoms with van der Waals surface area (Å²) in [5.74, 6) is 0. The van der Waals surface area contributed by atoms with Crippen LogP contribution in [0.25, 0.3) is 10.9 Å². The topological polar surface area (TPSA) is 37.0 Å². The summed E-state index contributed by atoms with van der Waals surface area (Å²) in [6.45, 7) is 7.27. The zero-order valence-corrected chi connectivity index (χ0v) is 12.4. The van der Waals surface area contributed by atoms with Crippen molar-refractivity contribution in [3.8, 4) is 0 Å². The second kappa shape index (κ2) is 5.90. The summed E-state index contributed by atoms with van der Waals surface area (Å²) in [4.78, 5) is 4.67. The molecular formula is C17H23N3. The summed E-state index contributed by atoms with van der Waals surface area (Å²) < 4.78 is 0. The minimum atomic E-state index is 0.794. The van der Waals surface area contributed by atoms with Gasteiger partial charge in [0.1, 0.15) is 0 Å². The van der Waals surface area contributed by atoms with E-state index >= 15 is 0 Å². The highest BCUT2D eigenvalue weighted by atomic mass is 15.0. The van der Waals surface area contributed by atoms with E-state index in [1.165, 1.54) is 29.4 Å². The molecule has 1 heterocycles. The minimum Gasteiger partial charge on any atom is -0.313 e. The molecule has 1 aromatic heterocycles. The Hall–Kier alpha value is -1.45. The largest absolute Gasteiger partial charge is 0.313 e. The van der Waals surface area contributed by atoms with Crippen molar-refractivity contribution >= 4 is 10.9 Å². The zero-order chi connectivity index (χ0) is 13.9. The fraction of sp³-hybridized carbons (Fsp3) is 0.471. The Morgan fingerprint density at radius 2 is 1.95 bits per heavy atom. The first-order valence-corrected chi connectivity index (χ1v) is 7.54. The van der Waals surface area contributed by atoms with E-state index in [2.05, 4.69) is 53.7 Å². The number of aryl methyl sites for hydroxylation is 1. The zero-order valence-electron chi connectivity index (χ0n) is 12.4. The standard InChI is InChI=1S/C17H23N3/c1-12-13(2)20-17-6-4-3-5-15(17)16(12)11-18-9-10-19-14-7-8-14/h3-6,14,18-19H,7-11H2,1-2H3. The van der Waals surface area contributed by atoms with Crippen LogP contribution >= 0.6 is 0 Å². The maximum atomic E-state index is 4.67. The second-order valence-electron chi connectivity index (χ2n) is 5.72. The van der Waals surface area contributed by atoms with Crippen LogP contribution < -0.4 is 10.6 Å². The number of nitrogens with zero attached hydrogens (tertiary/aromatic N) is 1. The number of para-hydroxylation sites is 1. The fourth-order valence-electron chi connectivity index (χ4n) is 2.60. The average Bonchev–Trinajstić information content (AvgIpc) is 3.26. The molecule has 2 aromatic rings. The molecule has 1 aliphatic rings. The van der Waals surface area contributed by atoms with Gasteiger partial charge in [-0.05, 0) is 43.9 Å². The van der Waals surface area contributed by atoms with E-state index in [1.807, 2.05) is 0 Å². The van der Waals surface area contributed by atoms with Crippen molar-refractivity contribution in [2.45, 2.75) is 39.3 Å². The van der Waals surface area contributed by atoms with E-state index in [0.717, 1.165) is 36.9 Å². The van der Waals surface area contributed by atoms with Crippen LogP contribution in [0, 0.1) is 13.8 Å². The Morgan fingerprint density at radius 3 is 2.75 bits per heavy atom. The van der Waals surface area contributed by atoms with E-state index in [0.29, 0.717) is 0 Å². The third kappa shape index (κ3) is 3.00. The quantitative estimate of drug-likeness (QED) is 0.792. The van der Waals surface area contributed by atoms with Crippen LogP contribution in [-0.2, 0) is 6.54 Å². The number of pyridine rings is 1. The van der Waals surface area contributed by atoms with Crippen LogP contribution in [0.5, 0.6) is 0 Å². The Balaban J connectivity index is 1.70. The molecule has 106 valence electrons. The van der Waals surface area contributed by atoms with E-state index in [-0.39, 0.29) is 0 Å². The third-order valence-corrected chi connectivity index (χ3v) is 4.13. The molecule has 1 fully saturated rings. The Morgan fingerprint density at radius 1 is 1.15 bits per heavy atom. The van der Waals surface area contributed by atoms with Gasteiger partial charge in [0.25, 0.3) is 0 Å². The van der Waals surface area contributed by atoms with Gasteiger partial charge in [-0.25, -0.2) is 0 Å². The molecule has 0 bridgehead atoms. The van der Waals surface area contributed by atoms with Gasteiger partial charge in [-0.1, -0.05) is 18.2 Å². The van der Waals surface area contributed by atoms with Gasteiger partial charge in [0.15, 0.2) is 0 Å². The predicted octanol–water partition coefficient (Wildman–Crippen LogP) is 2.69. The molecular weight excluding hydrogens is 246 g/mol. The summed E-state index contributed by atoms with van der Waals surface area (Å²) in [6.07, 6.45) is 2.71. The Bertz CT molecular complexity index is 602. The SMILES string of the molecule is Cc1nc2ccccc2c(CNCCNC2CC2)c1C. The molecule has 1 aliphatic carbocycles. The van der Waals surface area contributed by atoms with Crippen molar-refractivity contribution in [1.82, 2.24) is 15.6 Å². The first-order valence-electron chi connectivity index (χ1n) is 7.54. The van der Waals surface area contributed by atoms with Crippen molar-refractivity contribution in [1.29, 1.82) is 0 Å². The molecule has 3 heteroatoms. The van der Waals surface area contributed by atoms with Crippen molar-refractivity contribution in [3.05, 3.63) is 41.1 Å². The number of fused-ring (bicyclic) bond motifs is 1. The van der Waals surface area contributed by atoms with Crippen LogP contribution in [0.1, 0.15) is 29.7 Å². The molecule has 0 aliphatic heterocycles. The van der Waals surface area contributed by atoms with E-state index in [9.17, 15) is 0 Å². The molecule has 1 saturated carbocycles. The summed E-state index contributed by atoms with van der Waals surface area (Å²) in [7, 11) is 0. The molecule has 3 rings (SSSR count). The van der Waals surface area contributed by atoms with E-state index in [4.69, 9.17) is 0 Å². The van der Waals surface area contributed by atoms with Gasteiger partial charge in [-0.2, -0.15) is 0 Å². The predicted molar refractivity (Wildman–Crippen MR) is 83.9 cm³/mol. The lowest BCUT2D eigenvalue weighted by Gasteiger charge is -2.13. The van der Waals surface area contributed by atoms with E-state index < -0.39 is 0 Å². The van der Waals surface area contributed by atoms with Crippen LogP contribution in [0.2, 0.25) is 0 Å². The highest BCUT2D eigenvalue weighted by Gasteiger charge is 2.19. The molecule has 0 spiro atoms. The maximum absolute atomic E-state index is 4.67. The molecule has 0 unspecified atom stereocenters. The lowest BCUT2D eigenvalue weighted by Crippen LogP contribution is -2.28. The molecule has 0 atom stereocenters. The highest BCUT2D eigenvalue weighted by Crippen LogP contribution is 2.22. The lowest BCUT2D eigenvalue weighted by atomic mass is 10.0. The van der Waals surface area contributed by atoms with Crippen molar-refractivity contribution in [3.63, 3.8) is 0 Å². The van der Waals surface area contributed by atoms with Gasteiger partial charge in [0, 0.05) is 36.8 Å². The molecule has 0 amide bonds. The number of nitrogens with one attached hydrogen (secondary N) is 2. The number of aromatic nitrogens is 1. The minimum absolute atomic E-state index is 0.794. The summed E-state index contributed by atoms with van der Waals surface area (Å²) in [5, 5.41) is 8.36. The average molecular weight is 269 g/mol. The second-order valence-corrected chi connectivity index (χ2v) is 5.72. The van der Waals surface area contributed by atoms with Gasteiger partial charge in [-0.3, -0.25) is 4.98 Å². The third-order valence-electron chi connectivity index (χ3n) is 4.13. The monoisotopic (exact) mass is 269 g/mol. The summed E-state index contributed by atoms with van der Waals surface area (Å²) in [6, 6.07) is 9.22. The van der Waals surface area contributed by atoms with Gasteiger partial charge >= 0.3 is 0 Å². The summed E-state index contributed by atoms with van der Waals surface area (Å²) >= 11 is 0. The highest BCUT2D eigenvalue weighted by molar-refractivity contribution is 5.83. The van der Waals surface area contributed by atoms with Gasteiger partial charge in [0.05, 0.1) is 5.52 Å². The number of rotatable bonds is 6. The number of hydrogen-bond acceptors (Lipinski definition) is 3. The van der Waals surface area contributed by atoms with Crippen molar-refractivity contribution in [2.24, 2.45) is 0 Å². The van der Waals surface area contributed by atoms with Crippen LogP contribution in [-0.4, -0.2) is 24.1 Å². The van der Waals surface area contributed by atoms with Crippen molar-refractivity contribution in [2.75, 3.05) is 13.1 Å². The molecule has 0 radical (unpaired) electrons. The summed E-state index contributed by atoms with van der Waals surface area (Å²) in [5.41, 5.74) is 4.94. The van der Waals surface area contributed by atoms with Gasteiger partial charge < -0.3 is 10.6 Å². The maximum Gasteiger partial charge on any atom is 0.0708 e. The van der Waals surface area contributed by atoms with E-state index in [1.54, 1.807) is 0 Å². The lowest BCUT2D eigenvalue weighted by molar-refractivity contribution is 0.608. The Kier molecular flexibility index (Phi) is 3.99. The molecule has 0 saturated heterocycles. The normalized spacial score (nSPS) is 14.9. The molecule has 1 aromatic carbocycles. The number of benzene rings is 1. The van der Waals surface area contributed by atoms with Crippen LogP contribution in [0.4, 0.5) is 0 Å². The molecule has 3 nitrogen and oxygen atoms in total. The fourth-order valence-corrected chi connectivity index (χ4v) is 2.60. The number of hydrogen-bond donors (Lipinski definition) is 2. The van der Waals surface area contributed by atoms with Gasteiger partial charge in [0.2, 0.25) is 0 Å². The smallest absolute Gasteiger partial charge is 0.0708 e. The van der Waals surface area contributed by atoms with Crippen LogP contribution in [0.15, 0.2) is 24.3 Å².